The lowest BCUT2D eigenvalue weighted by Gasteiger charge is -2.26. The number of rotatable bonds is 6. The van der Waals surface area contributed by atoms with Gasteiger partial charge in [-0.25, -0.2) is 0 Å². The Morgan fingerprint density at radius 1 is 1.24 bits per heavy atom. The molecule has 0 spiro atoms. The number of carboxylic acids is 1. The van der Waals surface area contributed by atoms with Crippen LogP contribution in [0.4, 0.5) is 5.69 Å². The van der Waals surface area contributed by atoms with Gasteiger partial charge in [0.25, 0.3) is 0 Å². The summed E-state index contributed by atoms with van der Waals surface area (Å²) in [6.07, 6.45) is 6.04. The third-order valence-electron chi connectivity index (χ3n) is 4.11. The van der Waals surface area contributed by atoms with Crippen molar-refractivity contribution in [2.45, 2.75) is 43.4 Å². The molecule has 1 fully saturated rings. The number of nitrogens with one attached hydrogen (secondary N) is 1. The lowest BCUT2D eigenvalue weighted by molar-refractivity contribution is -0.140. The first-order chi connectivity index (χ1) is 10.0. The lowest BCUT2D eigenvalue weighted by atomic mass is 9.79. The molecule has 0 aliphatic heterocycles. The molecular formula is C16H21NO3S. The molecule has 1 saturated carbocycles. The summed E-state index contributed by atoms with van der Waals surface area (Å²) in [5, 5.41) is 12.0. The van der Waals surface area contributed by atoms with Crippen molar-refractivity contribution in [1.82, 2.24) is 0 Å². The van der Waals surface area contributed by atoms with Crippen LogP contribution in [-0.2, 0) is 9.59 Å². The van der Waals surface area contributed by atoms with Crippen molar-refractivity contribution >= 4 is 29.3 Å². The number of carboxylic acid groups (broad SMARTS) is 1. The van der Waals surface area contributed by atoms with Gasteiger partial charge in [0.15, 0.2) is 0 Å². The number of anilines is 1. The van der Waals surface area contributed by atoms with Crippen molar-refractivity contribution in [3.05, 3.63) is 24.3 Å². The summed E-state index contributed by atoms with van der Waals surface area (Å²) in [5.41, 5.74) is 0.447. The van der Waals surface area contributed by atoms with Crippen molar-refractivity contribution in [1.29, 1.82) is 0 Å². The lowest BCUT2D eigenvalue weighted by Crippen LogP contribution is -2.27. The van der Waals surface area contributed by atoms with Gasteiger partial charge in [0.1, 0.15) is 0 Å². The Labute approximate surface area is 129 Å². The number of aliphatic carboxylic acids is 1. The van der Waals surface area contributed by atoms with Crippen LogP contribution in [0.2, 0.25) is 0 Å². The molecule has 0 aromatic heterocycles. The third-order valence-corrected chi connectivity index (χ3v) is 4.90. The van der Waals surface area contributed by atoms with Crippen LogP contribution < -0.4 is 5.32 Å². The van der Waals surface area contributed by atoms with Crippen LogP contribution >= 0.6 is 11.8 Å². The Balaban J connectivity index is 2.04. The first-order valence-electron chi connectivity index (χ1n) is 7.19. The highest BCUT2D eigenvalue weighted by atomic mass is 32.2. The van der Waals surface area contributed by atoms with E-state index in [1.165, 1.54) is 0 Å². The van der Waals surface area contributed by atoms with E-state index in [0.717, 1.165) is 36.3 Å². The molecule has 2 N–H and O–H groups in total. The number of carbonyl (C=O) groups is 2. The van der Waals surface area contributed by atoms with E-state index in [2.05, 4.69) is 5.32 Å². The predicted molar refractivity (Wildman–Crippen MR) is 84.6 cm³/mol. The van der Waals surface area contributed by atoms with Crippen LogP contribution in [0.15, 0.2) is 29.2 Å². The zero-order chi connectivity index (χ0) is 15.3. The van der Waals surface area contributed by atoms with Gasteiger partial charge in [0.2, 0.25) is 5.91 Å². The van der Waals surface area contributed by atoms with Crippen LogP contribution in [-0.4, -0.2) is 23.2 Å². The van der Waals surface area contributed by atoms with Gasteiger partial charge in [-0.3, -0.25) is 9.59 Å². The van der Waals surface area contributed by atoms with Crippen molar-refractivity contribution in [3.8, 4) is 0 Å². The molecule has 5 heteroatoms. The fourth-order valence-corrected chi connectivity index (χ4v) is 3.70. The van der Waals surface area contributed by atoms with Crippen LogP contribution in [0.25, 0.3) is 0 Å². The van der Waals surface area contributed by atoms with E-state index in [1.807, 2.05) is 30.5 Å². The Hall–Kier alpha value is -1.49. The standard InChI is InChI=1S/C16H21NO3S/c1-21-13-7-3-2-6-12(13)17-14(18)10-16(11-15(19)20)8-4-5-9-16/h2-3,6-7H,4-5,8-11H2,1H3,(H,17,18)(H,19,20). The zero-order valence-electron chi connectivity index (χ0n) is 12.2. The summed E-state index contributed by atoms with van der Waals surface area (Å²) in [4.78, 5) is 24.4. The molecule has 1 amide bonds. The predicted octanol–water partition coefficient (Wildman–Crippen LogP) is 3.77. The summed E-state index contributed by atoms with van der Waals surface area (Å²) in [5.74, 6) is -0.895. The maximum atomic E-state index is 12.3. The maximum absolute atomic E-state index is 12.3. The topological polar surface area (TPSA) is 66.4 Å². The Morgan fingerprint density at radius 3 is 2.52 bits per heavy atom. The van der Waals surface area contributed by atoms with E-state index in [9.17, 15) is 9.59 Å². The molecule has 0 heterocycles. The first kappa shape index (κ1) is 15.9. The second-order valence-corrected chi connectivity index (χ2v) is 6.55. The average Bonchev–Trinajstić information content (AvgIpc) is 2.86. The van der Waals surface area contributed by atoms with Crippen LogP contribution in [0, 0.1) is 5.41 Å². The minimum absolute atomic E-state index is 0.0837. The molecule has 0 unspecified atom stereocenters. The second kappa shape index (κ2) is 6.98. The minimum Gasteiger partial charge on any atom is -0.481 e. The highest BCUT2D eigenvalue weighted by molar-refractivity contribution is 7.98. The number of hydrogen-bond donors (Lipinski definition) is 2. The maximum Gasteiger partial charge on any atom is 0.303 e. The molecule has 1 aromatic rings. The van der Waals surface area contributed by atoms with E-state index in [-0.39, 0.29) is 17.7 Å². The van der Waals surface area contributed by atoms with Crippen LogP contribution in [0.5, 0.6) is 0 Å². The molecule has 0 atom stereocenters. The molecule has 0 radical (unpaired) electrons. The molecular weight excluding hydrogens is 286 g/mol. The summed E-state index contributed by atoms with van der Waals surface area (Å²) >= 11 is 1.58. The van der Waals surface area contributed by atoms with Gasteiger partial charge in [0, 0.05) is 11.3 Å². The third kappa shape index (κ3) is 4.24. The average molecular weight is 307 g/mol. The number of para-hydroxylation sites is 1. The normalized spacial score (nSPS) is 16.6. The largest absolute Gasteiger partial charge is 0.481 e. The van der Waals surface area contributed by atoms with E-state index in [0.29, 0.717) is 6.42 Å². The highest BCUT2D eigenvalue weighted by Crippen LogP contribution is 2.44. The van der Waals surface area contributed by atoms with E-state index < -0.39 is 5.97 Å². The smallest absolute Gasteiger partial charge is 0.303 e. The minimum atomic E-state index is -0.811. The van der Waals surface area contributed by atoms with Crippen LogP contribution in [0.1, 0.15) is 38.5 Å². The quantitative estimate of drug-likeness (QED) is 0.785. The van der Waals surface area contributed by atoms with Crippen molar-refractivity contribution in [2.75, 3.05) is 11.6 Å². The SMILES string of the molecule is CSc1ccccc1NC(=O)CC1(CC(=O)O)CCCC1. The van der Waals surface area contributed by atoms with Gasteiger partial charge >= 0.3 is 5.97 Å². The summed E-state index contributed by atoms with van der Waals surface area (Å²) in [7, 11) is 0. The Morgan fingerprint density at radius 2 is 1.90 bits per heavy atom. The zero-order valence-corrected chi connectivity index (χ0v) is 13.0. The number of amides is 1. The molecule has 114 valence electrons. The summed E-state index contributed by atoms with van der Waals surface area (Å²) in [6.45, 7) is 0. The van der Waals surface area contributed by atoms with Gasteiger partial charge < -0.3 is 10.4 Å². The van der Waals surface area contributed by atoms with Crippen LogP contribution in [0.3, 0.4) is 0 Å². The summed E-state index contributed by atoms with van der Waals surface area (Å²) < 4.78 is 0. The van der Waals surface area contributed by atoms with Gasteiger partial charge in [-0.15, -0.1) is 11.8 Å². The summed E-state index contributed by atoms with van der Waals surface area (Å²) in [6, 6.07) is 7.66. The molecule has 0 saturated heterocycles. The monoisotopic (exact) mass is 307 g/mol. The number of carbonyl (C=O) groups excluding carboxylic acids is 1. The molecule has 1 aliphatic rings. The van der Waals surface area contributed by atoms with Gasteiger partial charge in [-0.2, -0.15) is 0 Å². The van der Waals surface area contributed by atoms with Gasteiger partial charge in [0.05, 0.1) is 12.1 Å². The molecule has 1 aliphatic carbocycles. The van der Waals surface area contributed by atoms with Crippen molar-refractivity contribution < 1.29 is 14.7 Å². The molecule has 0 bridgehead atoms. The van der Waals surface area contributed by atoms with Gasteiger partial charge in [-0.05, 0) is 36.6 Å². The van der Waals surface area contributed by atoms with E-state index in [1.54, 1.807) is 11.8 Å². The molecule has 2 rings (SSSR count). The molecule has 4 nitrogen and oxygen atoms in total. The van der Waals surface area contributed by atoms with Crippen molar-refractivity contribution in [3.63, 3.8) is 0 Å². The Bertz CT molecular complexity index is 524. The number of thioether (sulfide) groups is 1. The fourth-order valence-electron chi connectivity index (χ4n) is 3.14. The molecule has 21 heavy (non-hydrogen) atoms. The second-order valence-electron chi connectivity index (χ2n) is 5.70. The van der Waals surface area contributed by atoms with Gasteiger partial charge in [-0.1, -0.05) is 25.0 Å². The fraction of sp³-hybridized carbons (Fsp3) is 0.500. The number of hydrogen-bond acceptors (Lipinski definition) is 3. The highest BCUT2D eigenvalue weighted by Gasteiger charge is 2.38. The first-order valence-corrected chi connectivity index (χ1v) is 8.42. The molecule has 1 aromatic carbocycles. The van der Waals surface area contributed by atoms with E-state index >= 15 is 0 Å². The Kier molecular flexibility index (Phi) is 5.28. The van der Waals surface area contributed by atoms with Crippen molar-refractivity contribution in [2.24, 2.45) is 5.41 Å². The number of benzene rings is 1. The van der Waals surface area contributed by atoms with E-state index in [4.69, 9.17) is 5.11 Å².